The van der Waals surface area contributed by atoms with Gasteiger partial charge in [-0.1, -0.05) is 29.8 Å². The van der Waals surface area contributed by atoms with Crippen LogP contribution in [-0.2, 0) is 4.79 Å². The second kappa shape index (κ2) is 9.68. The van der Waals surface area contributed by atoms with E-state index in [1.165, 1.54) is 5.56 Å². The van der Waals surface area contributed by atoms with Crippen molar-refractivity contribution in [2.75, 3.05) is 37.5 Å². The summed E-state index contributed by atoms with van der Waals surface area (Å²) in [7, 11) is 3.16. The molecular weight excluding hydrogens is 404 g/mol. The molecule has 4 rings (SSSR count). The lowest BCUT2D eigenvalue weighted by Crippen LogP contribution is -2.41. The SMILES string of the molecule is COc1ccc(NC(=O)[C@@H]2CCCN(c3ccc(-c4ccc(C)cc4)nn3)C2)cc1OC. The molecule has 3 aromatic rings. The number of nitrogens with one attached hydrogen (secondary N) is 1. The van der Waals surface area contributed by atoms with Crippen molar-refractivity contribution in [3.63, 3.8) is 0 Å². The van der Waals surface area contributed by atoms with Crippen LogP contribution in [0.4, 0.5) is 11.5 Å². The van der Waals surface area contributed by atoms with Crippen molar-refractivity contribution >= 4 is 17.4 Å². The van der Waals surface area contributed by atoms with E-state index in [0.29, 0.717) is 23.7 Å². The molecule has 166 valence electrons. The fourth-order valence-corrected chi connectivity index (χ4v) is 3.93. The lowest BCUT2D eigenvalue weighted by Gasteiger charge is -2.32. The second-order valence-electron chi connectivity index (χ2n) is 7.99. The van der Waals surface area contributed by atoms with Gasteiger partial charge in [0, 0.05) is 30.4 Å². The van der Waals surface area contributed by atoms with E-state index in [4.69, 9.17) is 9.47 Å². The van der Waals surface area contributed by atoms with E-state index >= 15 is 0 Å². The average molecular weight is 433 g/mol. The Morgan fingerprint density at radius 1 is 1.00 bits per heavy atom. The van der Waals surface area contributed by atoms with Crippen LogP contribution in [0.3, 0.4) is 0 Å². The highest BCUT2D eigenvalue weighted by atomic mass is 16.5. The molecule has 1 aromatic heterocycles. The van der Waals surface area contributed by atoms with Crippen molar-refractivity contribution in [2.24, 2.45) is 5.92 Å². The number of hydrogen-bond donors (Lipinski definition) is 1. The predicted octanol–water partition coefficient (Wildman–Crippen LogP) is 4.32. The molecule has 1 N–H and O–H groups in total. The first-order chi connectivity index (χ1) is 15.6. The summed E-state index contributed by atoms with van der Waals surface area (Å²) in [5, 5.41) is 11.9. The number of ether oxygens (including phenoxy) is 2. The number of aromatic nitrogens is 2. The quantitative estimate of drug-likeness (QED) is 0.625. The normalized spacial score (nSPS) is 15.8. The molecule has 0 bridgehead atoms. The van der Waals surface area contributed by atoms with Gasteiger partial charge in [-0.15, -0.1) is 10.2 Å². The zero-order chi connectivity index (χ0) is 22.5. The Labute approximate surface area is 188 Å². The van der Waals surface area contributed by atoms with E-state index in [9.17, 15) is 4.79 Å². The van der Waals surface area contributed by atoms with Crippen LogP contribution in [0, 0.1) is 12.8 Å². The van der Waals surface area contributed by atoms with Crippen molar-refractivity contribution in [3.05, 3.63) is 60.2 Å². The van der Waals surface area contributed by atoms with Crippen LogP contribution >= 0.6 is 0 Å². The molecule has 1 fully saturated rings. The smallest absolute Gasteiger partial charge is 0.229 e. The summed E-state index contributed by atoms with van der Waals surface area (Å²) in [4.78, 5) is 15.1. The maximum absolute atomic E-state index is 12.9. The largest absolute Gasteiger partial charge is 0.493 e. The Morgan fingerprint density at radius 2 is 1.78 bits per heavy atom. The maximum Gasteiger partial charge on any atom is 0.229 e. The van der Waals surface area contributed by atoms with Crippen molar-refractivity contribution in [2.45, 2.75) is 19.8 Å². The van der Waals surface area contributed by atoms with Gasteiger partial charge in [-0.25, -0.2) is 0 Å². The zero-order valence-electron chi connectivity index (χ0n) is 18.7. The maximum atomic E-state index is 12.9. The van der Waals surface area contributed by atoms with Crippen molar-refractivity contribution in [1.29, 1.82) is 0 Å². The first kappa shape index (κ1) is 21.6. The lowest BCUT2D eigenvalue weighted by atomic mass is 9.97. The van der Waals surface area contributed by atoms with Gasteiger partial charge in [0.15, 0.2) is 17.3 Å². The molecule has 1 aliphatic rings. The number of nitrogens with zero attached hydrogens (tertiary/aromatic N) is 3. The number of aryl methyl sites for hydroxylation is 1. The first-order valence-electron chi connectivity index (χ1n) is 10.8. The summed E-state index contributed by atoms with van der Waals surface area (Å²) in [6, 6.07) is 17.6. The van der Waals surface area contributed by atoms with Gasteiger partial charge in [-0.2, -0.15) is 0 Å². The number of piperidine rings is 1. The second-order valence-corrected chi connectivity index (χ2v) is 7.99. The van der Waals surface area contributed by atoms with Gasteiger partial charge in [-0.05, 0) is 44.0 Å². The molecule has 2 heterocycles. The standard InChI is InChI=1S/C25H28N4O3/c1-17-6-8-18(9-7-17)21-11-13-24(28-27-21)29-14-4-5-19(16-29)25(30)26-20-10-12-22(31-2)23(15-20)32-3/h6-13,15,19H,4-5,14,16H2,1-3H3,(H,26,30)/t19-/m1/s1. The summed E-state index contributed by atoms with van der Waals surface area (Å²) in [6.45, 7) is 3.53. The summed E-state index contributed by atoms with van der Waals surface area (Å²) in [6.07, 6.45) is 1.76. The molecule has 0 radical (unpaired) electrons. The topological polar surface area (TPSA) is 76.6 Å². The van der Waals surface area contributed by atoms with Gasteiger partial charge in [0.05, 0.1) is 25.8 Å². The Balaban J connectivity index is 1.41. The van der Waals surface area contributed by atoms with Gasteiger partial charge >= 0.3 is 0 Å². The minimum atomic E-state index is -0.129. The lowest BCUT2D eigenvalue weighted by molar-refractivity contribution is -0.120. The Bertz CT molecular complexity index is 1070. The van der Waals surface area contributed by atoms with E-state index < -0.39 is 0 Å². The first-order valence-corrected chi connectivity index (χ1v) is 10.8. The van der Waals surface area contributed by atoms with Gasteiger partial charge in [-0.3, -0.25) is 4.79 Å². The Hall–Kier alpha value is -3.61. The van der Waals surface area contributed by atoms with Crippen molar-refractivity contribution < 1.29 is 14.3 Å². The number of amides is 1. The fraction of sp³-hybridized carbons (Fsp3) is 0.320. The highest BCUT2D eigenvalue weighted by Gasteiger charge is 2.27. The van der Waals surface area contributed by atoms with Crippen LogP contribution in [0.5, 0.6) is 11.5 Å². The predicted molar refractivity (Wildman–Crippen MR) is 125 cm³/mol. The molecule has 0 spiro atoms. The van der Waals surface area contributed by atoms with Gasteiger partial charge in [0.25, 0.3) is 0 Å². The number of benzene rings is 2. The fourth-order valence-electron chi connectivity index (χ4n) is 3.93. The number of hydrogen-bond acceptors (Lipinski definition) is 6. The highest BCUT2D eigenvalue weighted by molar-refractivity contribution is 5.93. The molecule has 1 aliphatic heterocycles. The molecule has 0 unspecified atom stereocenters. The van der Waals surface area contributed by atoms with Crippen LogP contribution in [0.2, 0.25) is 0 Å². The summed E-state index contributed by atoms with van der Waals surface area (Å²) < 4.78 is 10.6. The third-order valence-corrected chi connectivity index (χ3v) is 5.77. The number of methoxy groups -OCH3 is 2. The minimum Gasteiger partial charge on any atom is -0.493 e. The Kier molecular flexibility index (Phi) is 6.54. The molecular formula is C25H28N4O3. The monoisotopic (exact) mass is 432 g/mol. The van der Waals surface area contributed by atoms with E-state index in [1.54, 1.807) is 26.4 Å². The molecule has 2 aromatic carbocycles. The van der Waals surface area contributed by atoms with Crippen molar-refractivity contribution in [3.8, 4) is 22.8 Å². The molecule has 0 aliphatic carbocycles. The van der Waals surface area contributed by atoms with E-state index in [-0.39, 0.29) is 11.8 Å². The van der Waals surface area contributed by atoms with Crippen LogP contribution in [0.25, 0.3) is 11.3 Å². The summed E-state index contributed by atoms with van der Waals surface area (Å²) in [5.41, 5.74) is 3.78. The third-order valence-electron chi connectivity index (χ3n) is 5.77. The zero-order valence-corrected chi connectivity index (χ0v) is 18.7. The van der Waals surface area contributed by atoms with Gasteiger partial charge in [0.2, 0.25) is 5.91 Å². The van der Waals surface area contributed by atoms with Crippen LogP contribution in [0.1, 0.15) is 18.4 Å². The van der Waals surface area contributed by atoms with Gasteiger partial charge < -0.3 is 19.7 Å². The number of carbonyl (C=O) groups is 1. The van der Waals surface area contributed by atoms with Gasteiger partial charge in [0.1, 0.15) is 0 Å². The Morgan fingerprint density at radius 3 is 2.47 bits per heavy atom. The minimum absolute atomic E-state index is 0.00819. The van der Waals surface area contributed by atoms with Crippen LogP contribution in [0.15, 0.2) is 54.6 Å². The highest BCUT2D eigenvalue weighted by Crippen LogP contribution is 2.30. The number of anilines is 2. The molecule has 7 heteroatoms. The van der Waals surface area contributed by atoms with Crippen LogP contribution in [-0.4, -0.2) is 43.4 Å². The van der Waals surface area contributed by atoms with Crippen molar-refractivity contribution in [1.82, 2.24) is 10.2 Å². The molecule has 1 atom stereocenters. The van der Waals surface area contributed by atoms with E-state index in [2.05, 4.69) is 51.6 Å². The number of rotatable bonds is 6. The average Bonchev–Trinajstić information content (AvgIpc) is 2.84. The summed E-state index contributed by atoms with van der Waals surface area (Å²) in [5.74, 6) is 1.87. The van der Waals surface area contributed by atoms with E-state index in [0.717, 1.165) is 36.5 Å². The molecule has 1 saturated heterocycles. The molecule has 32 heavy (non-hydrogen) atoms. The summed E-state index contributed by atoms with van der Waals surface area (Å²) >= 11 is 0. The molecule has 1 amide bonds. The van der Waals surface area contributed by atoms with Crippen LogP contribution < -0.4 is 19.7 Å². The van der Waals surface area contributed by atoms with E-state index in [1.807, 2.05) is 18.2 Å². The third kappa shape index (κ3) is 4.82. The molecule has 7 nitrogen and oxygen atoms in total. The number of carbonyl (C=O) groups excluding carboxylic acids is 1. The molecule has 0 saturated carbocycles.